The standard InChI is InChI=1S/C17H19N5O/c1-12-8-15(14-4-3-5-16(23-2)17(14)20-12)21-7-6-13(9-21)22-11-18-10-19-22/h3-5,8,10-11,13H,6-7,9H2,1-2H3. The van der Waals surface area contributed by atoms with E-state index in [9.17, 15) is 0 Å². The fourth-order valence-electron chi connectivity index (χ4n) is 3.34. The fourth-order valence-corrected chi connectivity index (χ4v) is 3.34. The van der Waals surface area contributed by atoms with Crippen molar-refractivity contribution in [3.05, 3.63) is 42.6 Å². The lowest BCUT2D eigenvalue weighted by atomic mass is 10.1. The molecule has 0 radical (unpaired) electrons. The van der Waals surface area contributed by atoms with Gasteiger partial charge in [0.05, 0.1) is 13.2 Å². The molecular weight excluding hydrogens is 290 g/mol. The number of nitrogens with zero attached hydrogens (tertiary/aromatic N) is 5. The third kappa shape index (κ3) is 2.40. The Balaban J connectivity index is 1.74. The van der Waals surface area contributed by atoms with Crippen LogP contribution in [0.3, 0.4) is 0 Å². The molecule has 1 aliphatic heterocycles. The van der Waals surface area contributed by atoms with Crippen LogP contribution in [0.1, 0.15) is 18.2 Å². The molecule has 0 saturated carbocycles. The number of ether oxygens (including phenoxy) is 1. The van der Waals surface area contributed by atoms with E-state index in [1.165, 1.54) is 5.69 Å². The molecule has 4 rings (SSSR count). The van der Waals surface area contributed by atoms with Gasteiger partial charge >= 0.3 is 0 Å². The van der Waals surface area contributed by atoms with Crippen LogP contribution >= 0.6 is 0 Å². The second-order valence-electron chi connectivity index (χ2n) is 5.90. The van der Waals surface area contributed by atoms with Crippen LogP contribution < -0.4 is 9.64 Å². The van der Waals surface area contributed by atoms with E-state index in [4.69, 9.17) is 4.74 Å². The second kappa shape index (κ2) is 5.53. The van der Waals surface area contributed by atoms with E-state index in [0.717, 1.165) is 41.9 Å². The molecule has 118 valence electrons. The number of methoxy groups -OCH3 is 1. The summed E-state index contributed by atoms with van der Waals surface area (Å²) in [7, 11) is 1.69. The highest BCUT2D eigenvalue weighted by Crippen LogP contribution is 2.35. The zero-order valence-electron chi connectivity index (χ0n) is 13.3. The SMILES string of the molecule is COc1cccc2c(N3CCC(n4cncn4)C3)cc(C)nc12. The van der Waals surface area contributed by atoms with Crippen molar-refractivity contribution in [3.8, 4) is 5.75 Å². The van der Waals surface area contributed by atoms with Crippen molar-refractivity contribution >= 4 is 16.6 Å². The summed E-state index contributed by atoms with van der Waals surface area (Å²) < 4.78 is 7.43. The molecule has 0 N–H and O–H groups in total. The number of pyridine rings is 1. The Labute approximate surface area is 134 Å². The van der Waals surface area contributed by atoms with Gasteiger partial charge in [0.2, 0.25) is 0 Å². The van der Waals surface area contributed by atoms with Crippen molar-refractivity contribution < 1.29 is 4.74 Å². The average Bonchev–Trinajstić information content (AvgIpc) is 3.24. The molecule has 6 heteroatoms. The average molecular weight is 309 g/mol. The van der Waals surface area contributed by atoms with Gasteiger partial charge in [-0.25, -0.2) is 14.6 Å². The zero-order valence-corrected chi connectivity index (χ0v) is 13.3. The predicted octanol–water partition coefficient (Wildman–Crippen LogP) is 2.59. The Hall–Kier alpha value is -2.63. The van der Waals surface area contributed by atoms with Crippen LogP contribution in [0.15, 0.2) is 36.9 Å². The first-order chi connectivity index (χ1) is 11.3. The summed E-state index contributed by atoms with van der Waals surface area (Å²) in [5.41, 5.74) is 3.14. The summed E-state index contributed by atoms with van der Waals surface area (Å²) in [5, 5.41) is 5.41. The molecule has 0 spiro atoms. The molecule has 1 aliphatic rings. The molecule has 3 aromatic rings. The van der Waals surface area contributed by atoms with E-state index in [1.807, 2.05) is 23.7 Å². The van der Waals surface area contributed by atoms with Crippen molar-refractivity contribution in [1.82, 2.24) is 19.7 Å². The van der Waals surface area contributed by atoms with Gasteiger partial charge < -0.3 is 9.64 Å². The molecule has 23 heavy (non-hydrogen) atoms. The molecule has 6 nitrogen and oxygen atoms in total. The van der Waals surface area contributed by atoms with Crippen molar-refractivity contribution in [2.75, 3.05) is 25.1 Å². The zero-order chi connectivity index (χ0) is 15.8. The van der Waals surface area contributed by atoms with Gasteiger partial charge in [-0.3, -0.25) is 0 Å². The van der Waals surface area contributed by atoms with Gasteiger partial charge in [0, 0.05) is 29.9 Å². The van der Waals surface area contributed by atoms with Gasteiger partial charge in [0.25, 0.3) is 0 Å². The van der Waals surface area contributed by atoms with Gasteiger partial charge in [-0.15, -0.1) is 0 Å². The summed E-state index contributed by atoms with van der Waals surface area (Å²) in [6, 6.07) is 8.62. The molecule has 1 aromatic carbocycles. The molecule has 0 amide bonds. The molecule has 1 saturated heterocycles. The Kier molecular flexibility index (Phi) is 3.37. The molecule has 1 atom stereocenters. The maximum absolute atomic E-state index is 5.48. The van der Waals surface area contributed by atoms with E-state index < -0.39 is 0 Å². The lowest BCUT2D eigenvalue weighted by Crippen LogP contribution is -2.21. The van der Waals surface area contributed by atoms with Gasteiger partial charge in [-0.1, -0.05) is 12.1 Å². The molecule has 1 unspecified atom stereocenters. The summed E-state index contributed by atoms with van der Waals surface area (Å²) in [5.74, 6) is 0.819. The maximum atomic E-state index is 5.48. The molecular formula is C17H19N5O. The second-order valence-corrected chi connectivity index (χ2v) is 5.90. The third-order valence-electron chi connectivity index (χ3n) is 4.44. The fraction of sp³-hybridized carbons (Fsp3) is 0.353. The first-order valence-corrected chi connectivity index (χ1v) is 7.79. The van der Waals surface area contributed by atoms with Crippen LogP contribution in [0.2, 0.25) is 0 Å². The van der Waals surface area contributed by atoms with Crippen LogP contribution in [0.4, 0.5) is 5.69 Å². The minimum atomic E-state index is 0.367. The summed E-state index contributed by atoms with van der Waals surface area (Å²) in [6.45, 7) is 3.96. The number of aryl methyl sites for hydroxylation is 1. The number of aromatic nitrogens is 4. The van der Waals surface area contributed by atoms with Gasteiger partial charge in [-0.2, -0.15) is 5.10 Å². The minimum Gasteiger partial charge on any atom is -0.494 e. The van der Waals surface area contributed by atoms with Crippen LogP contribution in [0.25, 0.3) is 10.9 Å². The quantitative estimate of drug-likeness (QED) is 0.744. The van der Waals surface area contributed by atoms with Gasteiger partial charge in [-0.05, 0) is 25.5 Å². The van der Waals surface area contributed by atoms with Crippen LogP contribution in [-0.2, 0) is 0 Å². The van der Waals surface area contributed by atoms with Crippen LogP contribution in [-0.4, -0.2) is 39.9 Å². The number of fused-ring (bicyclic) bond motifs is 1. The van der Waals surface area contributed by atoms with Gasteiger partial charge in [0.1, 0.15) is 23.9 Å². The first-order valence-electron chi connectivity index (χ1n) is 7.79. The number of para-hydroxylation sites is 1. The van der Waals surface area contributed by atoms with E-state index in [-0.39, 0.29) is 0 Å². The lowest BCUT2D eigenvalue weighted by Gasteiger charge is -2.21. The Morgan fingerprint density at radius 1 is 1.30 bits per heavy atom. The predicted molar refractivity (Wildman–Crippen MR) is 88.9 cm³/mol. The van der Waals surface area contributed by atoms with E-state index in [0.29, 0.717) is 6.04 Å². The van der Waals surface area contributed by atoms with Crippen molar-refractivity contribution in [2.45, 2.75) is 19.4 Å². The van der Waals surface area contributed by atoms with Crippen LogP contribution in [0, 0.1) is 6.92 Å². The number of anilines is 1. The molecule has 3 heterocycles. The highest BCUT2D eigenvalue weighted by Gasteiger charge is 2.26. The summed E-state index contributed by atoms with van der Waals surface area (Å²) in [4.78, 5) is 11.1. The third-order valence-corrected chi connectivity index (χ3v) is 4.44. The highest BCUT2D eigenvalue weighted by atomic mass is 16.5. The normalized spacial score (nSPS) is 17.8. The summed E-state index contributed by atoms with van der Waals surface area (Å²) in [6.07, 6.45) is 4.46. The number of benzene rings is 1. The Morgan fingerprint density at radius 3 is 3.00 bits per heavy atom. The maximum Gasteiger partial charge on any atom is 0.145 e. The molecule has 2 aromatic heterocycles. The van der Waals surface area contributed by atoms with Crippen LogP contribution in [0.5, 0.6) is 5.75 Å². The lowest BCUT2D eigenvalue weighted by molar-refractivity contribution is 0.419. The first kappa shape index (κ1) is 14.0. The smallest absolute Gasteiger partial charge is 0.145 e. The number of rotatable bonds is 3. The number of hydrogen-bond donors (Lipinski definition) is 0. The molecule has 1 fully saturated rings. The van der Waals surface area contributed by atoms with Crippen molar-refractivity contribution in [3.63, 3.8) is 0 Å². The molecule has 0 aliphatic carbocycles. The van der Waals surface area contributed by atoms with Crippen molar-refractivity contribution in [1.29, 1.82) is 0 Å². The van der Waals surface area contributed by atoms with E-state index >= 15 is 0 Å². The van der Waals surface area contributed by atoms with E-state index in [2.05, 4.69) is 32.1 Å². The number of hydrogen-bond acceptors (Lipinski definition) is 5. The summed E-state index contributed by atoms with van der Waals surface area (Å²) >= 11 is 0. The molecule has 0 bridgehead atoms. The largest absolute Gasteiger partial charge is 0.494 e. The monoisotopic (exact) mass is 309 g/mol. The van der Waals surface area contributed by atoms with E-state index in [1.54, 1.807) is 19.8 Å². The van der Waals surface area contributed by atoms with Gasteiger partial charge in [0.15, 0.2) is 0 Å². The van der Waals surface area contributed by atoms with Crippen molar-refractivity contribution in [2.24, 2.45) is 0 Å². The highest BCUT2D eigenvalue weighted by molar-refractivity contribution is 5.95. The minimum absolute atomic E-state index is 0.367. The Bertz CT molecular complexity index is 830. The topological polar surface area (TPSA) is 56.1 Å². The Morgan fingerprint density at radius 2 is 2.22 bits per heavy atom.